The highest BCUT2D eigenvalue weighted by Gasteiger charge is 2.20. The number of aromatic hydroxyl groups is 2. The maximum atomic E-state index is 12.0. The van der Waals surface area contributed by atoms with Crippen molar-refractivity contribution >= 4 is 88.1 Å². The number of carbonyl (C=O) groups excluding carboxylic acids is 4. The molecule has 0 spiro atoms. The van der Waals surface area contributed by atoms with Gasteiger partial charge < -0.3 is 31.7 Å². The van der Waals surface area contributed by atoms with Crippen LogP contribution in [0.3, 0.4) is 0 Å². The summed E-state index contributed by atoms with van der Waals surface area (Å²) in [6.45, 7) is 0.490. The SMILES string of the molecule is NC(=O)c1c(NC(=O)NCCc2cccs2)sc2cc(O)ccc12.NC(=O)c1c(NC(=O)Oc2ccccc2)sc2cc(O)ccc12. The van der Waals surface area contributed by atoms with Gasteiger partial charge >= 0.3 is 12.1 Å². The average molecular weight is 690 g/mol. The fourth-order valence-electron chi connectivity index (χ4n) is 4.45. The maximum absolute atomic E-state index is 12.0. The number of primary amides is 2. The van der Waals surface area contributed by atoms with E-state index in [2.05, 4.69) is 16.0 Å². The molecule has 0 aliphatic carbocycles. The van der Waals surface area contributed by atoms with E-state index in [1.54, 1.807) is 53.8 Å². The van der Waals surface area contributed by atoms with Crippen LogP contribution in [-0.4, -0.2) is 40.7 Å². The third-order valence-electron chi connectivity index (χ3n) is 6.47. The van der Waals surface area contributed by atoms with E-state index in [9.17, 15) is 29.4 Å². The first-order chi connectivity index (χ1) is 22.6. The molecule has 0 aliphatic rings. The van der Waals surface area contributed by atoms with Crippen LogP contribution in [0.1, 0.15) is 25.6 Å². The van der Waals surface area contributed by atoms with Crippen molar-refractivity contribution in [3.8, 4) is 17.2 Å². The summed E-state index contributed by atoms with van der Waals surface area (Å²) in [4.78, 5) is 48.6. The van der Waals surface area contributed by atoms with Gasteiger partial charge in [0.1, 0.15) is 27.3 Å². The number of ether oxygens (including phenoxy) is 1. The molecule has 0 aliphatic heterocycles. The summed E-state index contributed by atoms with van der Waals surface area (Å²) in [5.74, 6) is -0.762. The van der Waals surface area contributed by atoms with Crippen molar-refractivity contribution in [3.05, 3.63) is 100 Å². The monoisotopic (exact) mass is 689 g/mol. The first-order valence-electron chi connectivity index (χ1n) is 13.8. The smallest absolute Gasteiger partial charge is 0.417 e. The summed E-state index contributed by atoms with van der Waals surface area (Å²) in [5.41, 5.74) is 11.3. The highest BCUT2D eigenvalue weighted by Crippen LogP contribution is 2.38. The van der Waals surface area contributed by atoms with Crippen molar-refractivity contribution in [1.82, 2.24) is 5.32 Å². The molecule has 0 saturated carbocycles. The van der Waals surface area contributed by atoms with Crippen LogP contribution in [0.2, 0.25) is 0 Å². The Morgan fingerprint density at radius 1 is 0.723 bits per heavy atom. The van der Waals surface area contributed by atoms with E-state index < -0.39 is 23.9 Å². The molecular weight excluding hydrogens is 663 g/mol. The van der Waals surface area contributed by atoms with Crippen LogP contribution in [0.15, 0.2) is 84.2 Å². The van der Waals surface area contributed by atoms with Gasteiger partial charge in [0.05, 0.1) is 11.1 Å². The number of phenolic OH excluding ortho intramolecular Hbond substituents is 2. The predicted octanol–water partition coefficient (Wildman–Crippen LogP) is 6.45. The largest absolute Gasteiger partial charge is 0.508 e. The maximum Gasteiger partial charge on any atom is 0.417 e. The van der Waals surface area contributed by atoms with Crippen LogP contribution in [0, 0.1) is 0 Å². The number of amides is 5. The number of benzene rings is 3. The molecule has 0 fully saturated rings. The lowest BCUT2D eigenvalue weighted by Crippen LogP contribution is -2.30. The lowest BCUT2D eigenvalue weighted by Gasteiger charge is -2.06. The van der Waals surface area contributed by atoms with Crippen LogP contribution < -0.4 is 32.2 Å². The molecule has 5 amide bonds. The summed E-state index contributed by atoms with van der Waals surface area (Å²) < 4.78 is 6.44. The second kappa shape index (κ2) is 14.6. The van der Waals surface area contributed by atoms with Gasteiger partial charge in [-0.05, 0) is 66.4 Å². The Balaban J connectivity index is 0.000000185. The molecule has 0 saturated heterocycles. The topological polar surface area (TPSA) is 206 Å². The van der Waals surface area contributed by atoms with E-state index in [-0.39, 0.29) is 27.6 Å². The summed E-state index contributed by atoms with van der Waals surface area (Å²) in [6, 6.07) is 21.3. The molecule has 3 aromatic carbocycles. The second-order valence-corrected chi connectivity index (χ2v) is 12.9. The molecule has 47 heavy (non-hydrogen) atoms. The number of thiophene rings is 3. The Hall–Kier alpha value is -5.64. The molecule has 15 heteroatoms. The number of urea groups is 1. The Kier molecular flexibility index (Phi) is 10.2. The van der Waals surface area contributed by atoms with Gasteiger partial charge in [0.25, 0.3) is 11.8 Å². The Bertz CT molecular complexity index is 2080. The third-order valence-corrected chi connectivity index (χ3v) is 9.55. The van der Waals surface area contributed by atoms with E-state index in [0.29, 0.717) is 37.5 Å². The zero-order valence-electron chi connectivity index (χ0n) is 24.3. The molecule has 240 valence electrons. The summed E-state index contributed by atoms with van der Waals surface area (Å²) in [6.07, 6.45) is 0.0168. The van der Waals surface area contributed by atoms with Crippen LogP contribution in [0.5, 0.6) is 17.2 Å². The molecule has 0 radical (unpaired) electrons. The van der Waals surface area contributed by atoms with E-state index >= 15 is 0 Å². The van der Waals surface area contributed by atoms with Gasteiger partial charge in [-0.15, -0.1) is 34.0 Å². The lowest BCUT2D eigenvalue weighted by molar-refractivity contribution is 0.0994. The van der Waals surface area contributed by atoms with E-state index in [1.807, 2.05) is 17.5 Å². The first-order valence-corrected chi connectivity index (χ1v) is 16.3. The molecule has 0 bridgehead atoms. The number of fused-ring (bicyclic) bond motifs is 2. The number of nitrogens with one attached hydrogen (secondary N) is 3. The fraction of sp³-hybridized carbons (Fsp3) is 0.0625. The minimum Gasteiger partial charge on any atom is -0.508 e. The van der Waals surface area contributed by atoms with Gasteiger partial charge in [-0.3, -0.25) is 20.2 Å². The lowest BCUT2D eigenvalue weighted by atomic mass is 10.1. The fourth-order valence-corrected chi connectivity index (χ4v) is 7.42. The van der Waals surface area contributed by atoms with Crippen molar-refractivity contribution in [2.75, 3.05) is 17.2 Å². The summed E-state index contributed by atoms with van der Waals surface area (Å²) in [7, 11) is 0. The molecule has 6 rings (SSSR count). The second-order valence-electron chi connectivity index (χ2n) is 9.74. The Morgan fingerprint density at radius 3 is 1.83 bits per heavy atom. The van der Waals surface area contributed by atoms with E-state index in [0.717, 1.165) is 17.8 Å². The van der Waals surface area contributed by atoms with Crippen LogP contribution >= 0.6 is 34.0 Å². The summed E-state index contributed by atoms with van der Waals surface area (Å²) in [5, 5.41) is 30.8. The van der Waals surface area contributed by atoms with Crippen molar-refractivity contribution < 1.29 is 34.1 Å². The average Bonchev–Trinajstić information content (AvgIpc) is 3.74. The Morgan fingerprint density at radius 2 is 1.30 bits per heavy atom. The minimum absolute atomic E-state index is 0.0631. The quantitative estimate of drug-likeness (QED) is 0.0950. The van der Waals surface area contributed by atoms with Crippen molar-refractivity contribution in [1.29, 1.82) is 0 Å². The highest BCUT2D eigenvalue weighted by atomic mass is 32.1. The van der Waals surface area contributed by atoms with Crippen LogP contribution in [0.25, 0.3) is 20.2 Å². The Labute approximate surface area is 279 Å². The number of phenols is 2. The molecule has 3 heterocycles. The number of rotatable bonds is 8. The summed E-state index contributed by atoms with van der Waals surface area (Å²) >= 11 is 3.96. The predicted molar refractivity (Wildman–Crippen MR) is 185 cm³/mol. The normalized spacial score (nSPS) is 10.6. The standard InChI is InChI=1S/C16H15N3O3S2.C16H12N2O4S/c17-14(21)13-11-4-3-9(20)8-12(11)24-15(13)19-16(22)18-6-5-10-2-1-7-23-10;17-14(20)13-11-7-6-9(19)8-12(11)23-15(13)18-16(21)22-10-4-2-1-3-5-10/h1-4,7-8,20H,5-6H2,(H2,17,21)(H2,18,19,22);1-8,19H,(H2,17,20)(H,18,21). The number of carbonyl (C=O) groups is 4. The molecule has 3 aromatic heterocycles. The van der Waals surface area contributed by atoms with Crippen molar-refractivity contribution in [2.24, 2.45) is 11.5 Å². The number of para-hydroxylation sites is 1. The molecule has 6 aromatic rings. The number of hydrogen-bond acceptors (Lipinski definition) is 10. The van der Waals surface area contributed by atoms with E-state index in [1.165, 1.54) is 40.5 Å². The number of anilines is 2. The van der Waals surface area contributed by atoms with Gasteiger partial charge in [-0.2, -0.15) is 0 Å². The zero-order chi connectivity index (χ0) is 33.5. The molecule has 0 unspecified atom stereocenters. The number of hydrogen-bond donors (Lipinski definition) is 7. The minimum atomic E-state index is -0.727. The van der Waals surface area contributed by atoms with Gasteiger partial charge in [0.2, 0.25) is 0 Å². The molecule has 12 nitrogen and oxygen atoms in total. The van der Waals surface area contributed by atoms with Gasteiger partial charge in [-0.25, -0.2) is 9.59 Å². The molecule has 9 N–H and O–H groups in total. The van der Waals surface area contributed by atoms with Gasteiger partial charge in [0, 0.05) is 31.6 Å². The highest BCUT2D eigenvalue weighted by molar-refractivity contribution is 7.24. The molecule has 0 atom stereocenters. The van der Waals surface area contributed by atoms with Crippen molar-refractivity contribution in [3.63, 3.8) is 0 Å². The van der Waals surface area contributed by atoms with Crippen LogP contribution in [-0.2, 0) is 6.42 Å². The van der Waals surface area contributed by atoms with Gasteiger partial charge in [-0.1, -0.05) is 24.3 Å². The first kappa shape index (κ1) is 32.7. The third kappa shape index (κ3) is 8.15. The zero-order valence-corrected chi connectivity index (χ0v) is 26.8. The molecular formula is C32H27N5O7S3. The van der Waals surface area contributed by atoms with E-state index in [4.69, 9.17) is 16.2 Å². The van der Waals surface area contributed by atoms with Crippen molar-refractivity contribution in [2.45, 2.75) is 6.42 Å². The number of nitrogens with two attached hydrogens (primary N) is 2. The van der Waals surface area contributed by atoms with Crippen LogP contribution in [0.4, 0.5) is 19.6 Å². The van der Waals surface area contributed by atoms with Gasteiger partial charge in [0.15, 0.2) is 0 Å².